The molecule has 0 bridgehead atoms. The first-order valence-electron chi connectivity index (χ1n) is 6.47. The van der Waals surface area contributed by atoms with Crippen molar-refractivity contribution in [2.75, 3.05) is 37.0 Å². The number of hydrogen-bond donors (Lipinski definition) is 2. The molecule has 2 rings (SSSR count). The minimum absolute atomic E-state index is 0.238. The van der Waals surface area contributed by atoms with Crippen molar-refractivity contribution in [3.8, 4) is 0 Å². The maximum atomic E-state index is 11.2. The summed E-state index contributed by atoms with van der Waals surface area (Å²) in [4.78, 5) is 11.2. The molecular weight excluding hydrogens is 244 g/mol. The first kappa shape index (κ1) is 13.7. The Bertz CT molecular complexity index is 427. The van der Waals surface area contributed by atoms with Gasteiger partial charge in [-0.15, -0.1) is 0 Å². The van der Waals surface area contributed by atoms with Gasteiger partial charge in [-0.05, 0) is 31.2 Å². The number of ether oxygens (including phenoxy) is 2. The van der Waals surface area contributed by atoms with Crippen LogP contribution in [0.1, 0.15) is 13.8 Å². The molecule has 1 heterocycles. The van der Waals surface area contributed by atoms with Gasteiger partial charge in [-0.2, -0.15) is 0 Å². The van der Waals surface area contributed by atoms with Gasteiger partial charge < -0.3 is 14.8 Å². The van der Waals surface area contributed by atoms with Crippen LogP contribution in [0, 0.1) is 5.41 Å². The zero-order valence-electron chi connectivity index (χ0n) is 11.4. The minimum atomic E-state index is -0.428. The fourth-order valence-electron chi connectivity index (χ4n) is 1.82. The number of benzene rings is 1. The van der Waals surface area contributed by atoms with Gasteiger partial charge in [0, 0.05) is 23.3 Å². The summed E-state index contributed by atoms with van der Waals surface area (Å²) >= 11 is 0. The molecule has 0 spiro atoms. The van der Waals surface area contributed by atoms with E-state index in [0.717, 1.165) is 31.1 Å². The third-order valence-electron chi connectivity index (χ3n) is 3.03. The summed E-state index contributed by atoms with van der Waals surface area (Å²) < 4.78 is 10.0. The lowest BCUT2D eigenvalue weighted by Crippen LogP contribution is -2.45. The fourth-order valence-corrected chi connectivity index (χ4v) is 1.82. The van der Waals surface area contributed by atoms with Crippen LogP contribution in [0.25, 0.3) is 0 Å². The highest BCUT2D eigenvalue weighted by Crippen LogP contribution is 2.27. The van der Waals surface area contributed by atoms with Crippen molar-refractivity contribution < 1.29 is 14.3 Å². The van der Waals surface area contributed by atoms with Gasteiger partial charge in [-0.3, -0.25) is 5.32 Å². The maximum absolute atomic E-state index is 11.2. The lowest BCUT2D eigenvalue weighted by atomic mass is 9.89. The van der Waals surface area contributed by atoms with Crippen LogP contribution in [-0.2, 0) is 9.47 Å². The number of carbonyl (C=O) groups excluding carboxylic acids is 1. The van der Waals surface area contributed by atoms with Crippen LogP contribution in [0.2, 0.25) is 0 Å². The molecule has 1 aromatic carbocycles. The van der Waals surface area contributed by atoms with E-state index in [9.17, 15) is 4.79 Å². The van der Waals surface area contributed by atoms with E-state index in [4.69, 9.17) is 9.47 Å². The van der Waals surface area contributed by atoms with Gasteiger partial charge in [-0.1, -0.05) is 6.92 Å². The van der Waals surface area contributed by atoms with E-state index < -0.39 is 6.09 Å². The third kappa shape index (κ3) is 3.86. The SMILES string of the molecule is CCOC(=O)Nc1ccc(NCC2(C)COC2)cc1. The summed E-state index contributed by atoms with van der Waals surface area (Å²) in [5, 5.41) is 6.02. The summed E-state index contributed by atoms with van der Waals surface area (Å²) in [6, 6.07) is 7.56. The van der Waals surface area contributed by atoms with E-state index in [0.29, 0.717) is 6.61 Å². The molecule has 0 saturated carbocycles. The van der Waals surface area contributed by atoms with Gasteiger partial charge >= 0.3 is 6.09 Å². The average molecular weight is 264 g/mol. The van der Waals surface area contributed by atoms with Gasteiger partial charge in [0.2, 0.25) is 0 Å². The molecule has 0 radical (unpaired) electrons. The molecule has 1 aromatic rings. The molecule has 0 aliphatic carbocycles. The van der Waals surface area contributed by atoms with E-state index in [2.05, 4.69) is 17.6 Å². The minimum Gasteiger partial charge on any atom is -0.450 e. The number of rotatable bonds is 5. The Morgan fingerprint density at radius 2 is 1.95 bits per heavy atom. The zero-order valence-corrected chi connectivity index (χ0v) is 11.4. The Morgan fingerprint density at radius 3 is 2.47 bits per heavy atom. The Morgan fingerprint density at radius 1 is 1.32 bits per heavy atom. The van der Waals surface area contributed by atoms with Crippen molar-refractivity contribution in [1.82, 2.24) is 0 Å². The second kappa shape index (κ2) is 5.93. The number of anilines is 2. The molecule has 5 heteroatoms. The van der Waals surface area contributed by atoms with Crippen LogP contribution in [-0.4, -0.2) is 32.5 Å². The Hall–Kier alpha value is -1.75. The number of amides is 1. The molecule has 104 valence electrons. The second-order valence-electron chi connectivity index (χ2n) is 5.08. The predicted octanol–water partition coefficient (Wildman–Crippen LogP) is 2.70. The fraction of sp³-hybridized carbons (Fsp3) is 0.500. The second-order valence-corrected chi connectivity index (χ2v) is 5.08. The summed E-state index contributed by atoms with van der Waals surface area (Å²) in [6.07, 6.45) is -0.428. The normalized spacial score (nSPS) is 16.3. The van der Waals surface area contributed by atoms with E-state index in [1.54, 1.807) is 6.92 Å². The monoisotopic (exact) mass is 264 g/mol. The highest BCUT2D eigenvalue weighted by atomic mass is 16.5. The highest BCUT2D eigenvalue weighted by molar-refractivity contribution is 5.84. The molecule has 0 atom stereocenters. The van der Waals surface area contributed by atoms with Gasteiger partial charge in [-0.25, -0.2) is 4.79 Å². The van der Waals surface area contributed by atoms with Gasteiger partial charge in [0.05, 0.1) is 19.8 Å². The summed E-state index contributed by atoms with van der Waals surface area (Å²) in [5.74, 6) is 0. The molecule has 5 nitrogen and oxygen atoms in total. The molecule has 19 heavy (non-hydrogen) atoms. The van der Waals surface area contributed by atoms with Crippen molar-refractivity contribution in [2.24, 2.45) is 5.41 Å². The van der Waals surface area contributed by atoms with E-state index >= 15 is 0 Å². The highest BCUT2D eigenvalue weighted by Gasteiger charge is 2.32. The Labute approximate surface area is 113 Å². The van der Waals surface area contributed by atoms with Crippen LogP contribution in [0.15, 0.2) is 24.3 Å². The largest absolute Gasteiger partial charge is 0.450 e. The van der Waals surface area contributed by atoms with E-state index in [1.807, 2.05) is 24.3 Å². The van der Waals surface area contributed by atoms with Crippen molar-refractivity contribution in [1.29, 1.82) is 0 Å². The van der Waals surface area contributed by atoms with Crippen molar-refractivity contribution in [3.05, 3.63) is 24.3 Å². The first-order chi connectivity index (χ1) is 9.11. The Balaban J connectivity index is 1.82. The molecule has 1 saturated heterocycles. The van der Waals surface area contributed by atoms with Crippen LogP contribution in [0.4, 0.5) is 16.2 Å². The number of carbonyl (C=O) groups is 1. The molecule has 0 aromatic heterocycles. The van der Waals surface area contributed by atoms with Gasteiger partial charge in [0.15, 0.2) is 0 Å². The van der Waals surface area contributed by atoms with Crippen LogP contribution >= 0.6 is 0 Å². The molecule has 1 fully saturated rings. The van der Waals surface area contributed by atoms with Crippen molar-refractivity contribution in [3.63, 3.8) is 0 Å². The van der Waals surface area contributed by atoms with E-state index in [1.165, 1.54) is 0 Å². The molecular formula is C14H20N2O3. The smallest absolute Gasteiger partial charge is 0.411 e. The standard InChI is InChI=1S/C14H20N2O3/c1-3-19-13(17)16-12-6-4-11(5-7-12)15-8-14(2)9-18-10-14/h4-7,15H,3,8-10H2,1-2H3,(H,16,17). The summed E-state index contributed by atoms with van der Waals surface area (Å²) in [5.41, 5.74) is 1.99. The zero-order chi connectivity index (χ0) is 13.7. The van der Waals surface area contributed by atoms with Gasteiger partial charge in [0.25, 0.3) is 0 Å². The average Bonchev–Trinajstić information content (AvgIpc) is 2.36. The van der Waals surface area contributed by atoms with Crippen LogP contribution < -0.4 is 10.6 Å². The van der Waals surface area contributed by atoms with E-state index in [-0.39, 0.29) is 5.41 Å². The molecule has 2 N–H and O–H groups in total. The molecule has 0 unspecified atom stereocenters. The Kier molecular flexibility index (Phi) is 4.27. The van der Waals surface area contributed by atoms with Crippen LogP contribution in [0.5, 0.6) is 0 Å². The molecule has 1 amide bonds. The van der Waals surface area contributed by atoms with Crippen molar-refractivity contribution >= 4 is 17.5 Å². The summed E-state index contributed by atoms with van der Waals surface area (Å²) in [7, 11) is 0. The lowest BCUT2D eigenvalue weighted by molar-refractivity contribution is -0.0924. The first-order valence-corrected chi connectivity index (χ1v) is 6.47. The van der Waals surface area contributed by atoms with Crippen molar-refractivity contribution in [2.45, 2.75) is 13.8 Å². The topological polar surface area (TPSA) is 59.6 Å². The predicted molar refractivity (Wildman–Crippen MR) is 74.5 cm³/mol. The molecule has 1 aliphatic rings. The maximum Gasteiger partial charge on any atom is 0.411 e. The lowest BCUT2D eigenvalue weighted by Gasteiger charge is -2.38. The quantitative estimate of drug-likeness (QED) is 0.858. The van der Waals surface area contributed by atoms with Gasteiger partial charge in [0.1, 0.15) is 0 Å². The number of nitrogens with one attached hydrogen (secondary N) is 2. The van der Waals surface area contributed by atoms with Crippen LogP contribution in [0.3, 0.4) is 0 Å². The molecule has 1 aliphatic heterocycles. The number of hydrogen-bond acceptors (Lipinski definition) is 4. The summed E-state index contributed by atoms with van der Waals surface area (Å²) in [6.45, 7) is 6.84. The third-order valence-corrected chi connectivity index (χ3v) is 3.03.